The first-order valence-electron chi connectivity index (χ1n) is 4.68. The number of thiazole rings is 1. The van der Waals surface area contributed by atoms with Crippen molar-refractivity contribution in [3.63, 3.8) is 0 Å². The minimum Gasteiger partial charge on any atom is -0.245 e. The van der Waals surface area contributed by atoms with E-state index in [0.717, 1.165) is 10.7 Å². The molecular weight excluding hydrogens is 232 g/mol. The largest absolute Gasteiger partial charge is 0.245 e. The van der Waals surface area contributed by atoms with Crippen LogP contribution in [0.2, 0.25) is 0 Å². The van der Waals surface area contributed by atoms with Crippen molar-refractivity contribution in [3.05, 3.63) is 16.1 Å². The number of hydrogen-bond donors (Lipinski definition) is 0. The van der Waals surface area contributed by atoms with Gasteiger partial charge in [0.2, 0.25) is 10.0 Å². The molecule has 0 N–H and O–H groups in total. The standard InChI is InChI=1S/C9H16N2O2S2/c1-7(2)11(15(4,12)13)5-9-6-14-8(3)10-9/h6-7H,5H2,1-4H3. The second kappa shape index (κ2) is 4.59. The van der Waals surface area contributed by atoms with Gasteiger partial charge in [0.25, 0.3) is 0 Å². The number of nitrogens with zero attached hydrogens (tertiary/aromatic N) is 2. The zero-order valence-electron chi connectivity index (χ0n) is 9.39. The summed E-state index contributed by atoms with van der Waals surface area (Å²) in [4.78, 5) is 4.26. The molecule has 0 unspecified atom stereocenters. The van der Waals surface area contributed by atoms with Crippen LogP contribution < -0.4 is 0 Å². The molecule has 4 nitrogen and oxygen atoms in total. The highest BCUT2D eigenvalue weighted by Gasteiger charge is 2.21. The number of rotatable bonds is 4. The molecular formula is C9H16N2O2S2. The SMILES string of the molecule is Cc1nc(CN(C(C)C)S(C)(=O)=O)cs1. The summed E-state index contributed by atoms with van der Waals surface area (Å²) in [6.07, 6.45) is 1.23. The van der Waals surface area contributed by atoms with Gasteiger partial charge >= 0.3 is 0 Å². The Balaban J connectivity index is 2.86. The van der Waals surface area contributed by atoms with E-state index in [1.54, 1.807) is 0 Å². The maximum absolute atomic E-state index is 11.5. The third-order valence-corrected chi connectivity index (χ3v) is 4.21. The first-order chi connectivity index (χ1) is 6.80. The van der Waals surface area contributed by atoms with Gasteiger partial charge in [0.1, 0.15) is 0 Å². The maximum atomic E-state index is 11.5. The lowest BCUT2D eigenvalue weighted by atomic mass is 10.3. The van der Waals surface area contributed by atoms with Gasteiger partial charge in [0.15, 0.2) is 0 Å². The van der Waals surface area contributed by atoms with Gasteiger partial charge in [-0.1, -0.05) is 0 Å². The second-order valence-corrected chi connectivity index (χ2v) is 6.76. The van der Waals surface area contributed by atoms with E-state index in [4.69, 9.17) is 0 Å². The summed E-state index contributed by atoms with van der Waals surface area (Å²) in [6, 6.07) is -0.0398. The van der Waals surface area contributed by atoms with Crippen LogP contribution in [-0.4, -0.2) is 30.0 Å². The normalized spacial score (nSPS) is 12.7. The molecule has 0 saturated carbocycles. The summed E-state index contributed by atoms with van der Waals surface area (Å²) in [6.45, 7) is 6.00. The molecule has 0 aliphatic heterocycles. The molecule has 15 heavy (non-hydrogen) atoms. The molecule has 1 aromatic rings. The molecule has 0 atom stereocenters. The van der Waals surface area contributed by atoms with E-state index in [1.165, 1.54) is 21.9 Å². The van der Waals surface area contributed by atoms with Gasteiger partial charge in [0.05, 0.1) is 23.5 Å². The topological polar surface area (TPSA) is 50.3 Å². The molecule has 0 amide bonds. The van der Waals surface area contributed by atoms with E-state index in [2.05, 4.69) is 4.98 Å². The van der Waals surface area contributed by atoms with Gasteiger partial charge in [-0.05, 0) is 20.8 Å². The Morgan fingerprint density at radius 1 is 1.53 bits per heavy atom. The summed E-state index contributed by atoms with van der Waals surface area (Å²) < 4.78 is 24.4. The van der Waals surface area contributed by atoms with Crippen molar-refractivity contribution in [2.24, 2.45) is 0 Å². The molecule has 6 heteroatoms. The predicted octanol–water partition coefficient (Wildman–Crippen LogP) is 1.62. The van der Waals surface area contributed by atoms with Crippen molar-refractivity contribution in [1.82, 2.24) is 9.29 Å². The van der Waals surface area contributed by atoms with Crippen molar-refractivity contribution in [1.29, 1.82) is 0 Å². The molecule has 0 aromatic carbocycles. The maximum Gasteiger partial charge on any atom is 0.211 e. The summed E-state index contributed by atoms with van der Waals surface area (Å²) in [5, 5.41) is 2.86. The Labute approximate surface area is 95.0 Å². The molecule has 0 bridgehead atoms. The Kier molecular flexibility index (Phi) is 3.86. The summed E-state index contributed by atoms with van der Waals surface area (Å²) in [5.74, 6) is 0. The highest BCUT2D eigenvalue weighted by atomic mass is 32.2. The zero-order chi connectivity index (χ0) is 11.6. The highest BCUT2D eigenvalue weighted by molar-refractivity contribution is 7.88. The minimum atomic E-state index is -3.16. The molecule has 0 fully saturated rings. The van der Waals surface area contributed by atoms with Crippen molar-refractivity contribution in [2.75, 3.05) is 6.26 Å². The molecule has 0 radical (unpaired) electrons. The Morgan fingerprint density at radius 3 is 2.47 bits per heavy atom. The fraction of sp³-hybridized carbons (Fsp3) is 0.667. The Hall–Kier alpha value is -0.460. The Bertz CT molecular complexity index is 423. The number of aryl methyl sites for hydroxylation is 1. The molecule has 1 heterocycles. The molecule has 0 spiro atoms. The van der Waals surface area contributed by atoms with Crippen LogP contribution in [0.5, 0.6) is 0 Å². The van der Waals surface area contributed by atoms with Crippen molar-refractivity contribution >= 4 is 21.4 Å². The lowest BCUT2D eigenvalue weighted by Gasteiger charge is -2.22. The van der Waals surface area contributed by atoms with Crippen molar-refractivity contribution < 1.29 is 8.42 Å². The minimum absolute atomic E-state index is 0.0398. The van der Waals surface area contributed by atoms with E-state index in [1.807, 2.05) is 26.2 Å². The molecule has 0 saturated heterocycles. The number of sulfonamides is 1. The zero-order valence-corrected chi connectivity index (χ0v) is 11.0. The van der Waals surface area contributed by atoms with Gasteiger partial charge < -0.3 is 0 Å². The third-order valence-electron chi connectivity index (χ3n) is 1.99. The first kappa shape index (κ1) is 12.6. The molecule has 86 valence electrons. The van der Waals surface area contributed by atoms with Gasteiger partial charge in [-0.3, -0.25) is 0 Å². The van der Waals surface area contributed by atoms with Crippen LogP contribution in [0.25, 0.3) is 0 Å². The predicted molar refractivity (Wildman–Crippen MR) is 62.4 cm³/mol. The van der Waals surface area contributed by atoms with E-state index in [0.29, 0.717) is 6.54 Å². The third kappa shape index (κ3) is 3.55. The van der Waals surface area contributed by atoms with Crippen molar-refractivity contribution in [2.45, 2.75) is 33.4 Å². The average molecular weight is 248 g/mol. The summed E-state index contributed by atoms with van der Waals surface area (Å²) in [7, 11) is -3.16. The lowest BCUT2D eigenvalue weighted by molar-refractivity contribution is 0.348. The van der Waals surface area contributed by atoms with E-state index >= 15 is 0 Å². The van der Waals surface area contributed by atoms with Crippen LogP contribution in [0.4, 0.5) is 0 Å². The van der Waals surface area contributed by atoms with Crippen molar-refractivity contribution in [3.8, 4) is 0 Å². The van der Waals surface area contributed by atoms with Crippen LogP contribution in [0.1, 0.15) is 24.5 Å². The summed E-state index contributed by atoms with van der Waals surface area (Å²) in [5.41, 5.74) is 0.816. The van der Waals surface area contributed by atoms with Gasteiger partial charge in [-0.2, -0.15) is 4.31 Å². The number of aromatic nitrogens is 1. The second-order valence-electron chi connectivity index (χ2n) is 3.76. The lowest BCUT2D eigenvalue weighted by Crippen LogP contribution is -2.35. The van der Waals surface area contributed by atoms with Crippen LogP contribution in [0.15, 0.2) is 5.38 Å². The fourth-order valence-corrected chi connectivity index (χ4v) is 3.06. The quantitative estimate of drug-likeness (QED) is 0.813. The molecule has 1 rings (SSSR count). The van der Waals surface area contributed by atoms with Gasteiger partial charge in [-0.15, -0.1) is 11.3 Å². The monoisotopic (exact) mass is 248 g/mol. The smallest absolute Gasteiger partial charge is 0.211 e. The molecule has 1 aromatic heterocycles. The van der Waals surface area contributed by atoms with E-state index in [9.17, 15) is 8.42 Å². The summed E-state index contributed by atoms with van der Waals surface area (Å²) >= 11 is 1.54. The fourth-order valence-electron chi connectivity index (χ4n) is 1.32. The van der Waals surface area contributed by atoms with Crippen LogP contribution >= 0.6 is 11.3 Å². The van der Waals surface area contributed by atoms with Gasteiger partial charge in [0, 0.05) is 11.4 Å². The van der Waals surface area contributed by atoms with E-state index in [-0.39, 0.29) is 6.04 Å². The van der Waals surface area contributed by atoms with E-state index < -0.39 is 10.0 Å². The van der Waals surface area contributed by atoms with Gasteiger partial charge in [-0.25, -0.2) is 13.4 Å². The van der Waals surface area contributed by atoms with Crippen LogP contribution in [0, 0.1) is 6.92 Å². The average Bonchev–Trinajstić information content (AvgIpc) is 2.44. The highest BCUT2D eigenvalue weighted by Crippen LogP contribution is 2.14. The first-order valence-corrected chi connectivity index (χ1v) is 7.41. The Morgan fingerprint density at radius 2 is 2.13 bits per heavy atom. The number of hydrogen-bond acceptors (Lipinski definition) is 4. The molecule has 0 aliphatic rings. The molecule has 0 aliphatic carbocycles. The van der Waals surface area contributed by atoms with Crippen LogP contribution in [-0.2, 0) is 16.6 Å². The van der Waals surface area contributed by atoms with Crippen LogP contribution in [0.3, 0.4) is 0 Å².